The summed E-state index contributed by atoms with van der Waals surface area (Å²) in [6, 6.07) is 3.59. The first kappa shape index (κ1) is 9.10. The van der Waals surface area contributed by atoms with Crippen molar-refractivity contribution in [1.29, 1.82) is 5.26 Å². The minimum absolute atomic E-state index is 0.155. The minimum Gasteiger partial charge on any atom is -0.321 e. The Balaban J connectivity index is 2.57. The molecule has 0 saturated heterocycles. The zero-order valence-electron chi connectivity index (χ0n) is 7.35. The van der Waals surface area contributed by atoms with Crippen molar-refractivity contribution in [3.8, 4) is 6.07 Å². The predicted octanol–water partition coefficient (Wildman–Crippen LogP) is 1.78. The van der Waals surface area contributed by atoms with Crippen molar-refractivity contribution in [2.45, 2.75) is 18.4 Å². The predicted molar refractivity (Wildman–Crippen MR) is 46.2 cm³/mol. The summed E-state index contributed by atoms with van der Waals surface area (Å²) in [4.78, 5) is 0. The molecule has 1 aliphatic rings. The van der Waals surface area contributed by atoms with Crippen molar-refractivity contribution >= 4 is 0 Å². The third kappa shape index (κ3) is 1.26. The van der Waals surface area contributed by atoms with E-state index in [0.29, 0.717) is 12.8 Å². The topological polar surface area (TPSA) is 49.8 Å². The van der Waals surface area contributed by atoms with E-state index in [2.05, 4.69) is 0 Å². The first-order chi connectivity index (χ1) is 6.57. The lowest BCUT2D eigenvalue weighted by Crippen LogP contribution is -2.20. The Morgan fingerprint density at radius 1 is 1.29 bits per heavy atom. The average molecular weight is 194 g/mol. The number of halogens is 2. The summed E-state index contributed by atoms with van der Waals surface area (Å²) in [5.74, 6) is -1.50. The fraction of sp³-hybridized carbons (Fsp3) is 0.300. The Bertz CT molecular complexity index is 430. The maximum absolute atomic E-state index is 13.3. The van der Waals surface area contributed by atoms with Crippen molar-refractivity contribution in [3.63, 3.8) is 0 Å². The lowest BCUT2D eigenvalue weighted by atomic mass is 10.0. The molecule has 0 aliphatic heterocycles. The highest BCUT2D eigenvalue weighted by atomic mass is 19.1. The van der Waals surface area contributed by atoms with Gasteiger partial charge in [-0.1, -0.05) is 0 Å². The van der Waals surface area contributed by atoms with Crippen LogP contribution in [0, 0.1) is 23.0 Å². The first-order valence-electron chi connectivity index (χ1n) is 4.25. The van der Waals surface area contributed by atoms with Gasteiger partial charge in [0.05, 0.1) is 5.56 Å². The van der Waals surface area contributed by atoms with Crippen LogP contribution in [0.1, 0.15) is 24.0 Å². The van der Waals surface area contributed by atoms with Gasteiger partial charge in [0.15, 0.2) is 0 Å². The molecule has 72 valence electrons. The maximum atomic E-state index is 13.3. The number of nitriles is 1. The van der Waals surface area contributed by atoms with Gasteiger partial charge in [-0.25, -0.2) is 8.78 Å². The highest BCUT2D eigenvalue weighted by Crippen LogP contribution is 2.44. The summed E-state index contributed by atoms with van der Waals surface area (Å²) in [5, 5.41) is 8.57. The van der Waals surface area contributed by atoms with E-state index in [-0.39, 0.29) is 11.1 Å². The fourth-order valence-electron chi connectivity index (χ4n) is 1.42. The monoisotopic (exact) mass is 194 g/mol. The third-order valence-electron chi connectivity index (χ3n) is 2.50. The summed E-state index contributed by atoms with van der Waals surface area (Å²) in [5.41, 5.74) is 5.18. The van der Waals surface area contributed by atoms with Crippen molar-refractivity contribution in [3.05, 3.63) is 34.9 Å². The number of hydrogen-bond acceptors (Lipinski definition) is 2. The summed E-state index contributed by atoms with van der Waals surface area (Å²) < 4.78 is 26.2. The Labute approximate surface area is 79.9 Å². The first-order valence-corrected chi connectivity index (χ1v) is 4.25. The van der Waals surface area contributed by atoms with Gasteiger partial charge in [0.2, 0.25) is 0 Å². The molecule has 0 heterocycles. The van der Waals surface area contributed by atoms with E-state index in [0.717, 1.165) is 6.07 Å². The summed E-state index contributed by atoms with van der Waals surface area (Å²) in [6.45, 7) is 0. The van der Waals surface area contributed by atoms with Crippen LogP contribution in [-0.2, 0) is 5.54 Å². The summed E-state index contributed by atoms with van der Waals surface area (Å²) in [6.07, 6.45) is 1.36. The molecule has 0 radical (unpaired) electrons. The molecular formula is C10H8F2N2. The third-order valence-corrected chi connectivity index (χ3v) is 2.50. The smallest absolute Gasteiger partial charge is 0.143 e. The Morgan fingerprint density at radius 3 is 2.43 bits per heavy atom. The number of nitrogens with two attached hydrogens (primary N) is 1. The molecule has 1 fully saturated rings. The molecule has 0 spiro atoms. The van der Waals surface area contributed by atoms with Crippen molar-refractivity contribution < 1.29 is 8.78 Å². The van der Waals surface area contributed by atoms with Crippen LogP contribution in [0.25, 0.3) is 0 Å². The van der Waals surface area contributed by atoms with Gasteiger partial charge in [0.25, 0.3) is 0 Å². The minimum atomic E-state index is -0.835. The van der Waals surface area contributed by atoms with Gasteiger partial charge >= 0.3 is 0 Å². The molecule has 0 bridgehead atoms. The van der Waals surface area contributed by atoms with E-state index >= 15 is 0 Å². The zero-order chi connectivity index (χ0) is 10.3. The van der Waals surface area contributed by atoms with Gasteiger partial charge in [0, 0.05) is 17.2 Å². The number of hydrogen-bond donors (Lipinski definition) is 1. The van der Waals surface area contributed by atoms with Gasteiger partial charge in [-0.3, -0.25) is 0 Å². The van der Waals surface area contributed by atoms with E-state index in [1.165, 1.54) is 6.07 Å². The molecule has 1 aliphatic carbocycles. The van der Waals surface area contributed by atoms with E-state index in [9.17, 15) is 8.78 Å². The van der Waals surface area contributed by atoms with E-state index in [1.807, 2.05) is 0 Å². The van der Waals surface area contributed by atoms with Gasteiger partial charge in [0.1, 0.15) is 17.7 Å². The SMILES string of the molecule is N#Cc1cc(C2(N)CC2)c(F)cc1F. The van der Waals surface area contributed by atoms with Crippen LogP contribution in [0.5, 0.6) is 0 Å². The molecule has 2 nitrogen and oxygen atoms in total. The molecule has 2 N–H and O–H groups in total. The lowest BCUT2D eigenvalue weighted by molar-refractivity contribution is 0.550. The van der Waals surface area contributed by atoms with Gasteiger partial charge in [-0.05, 0) is 18.9 Å². The van der Waals surface area contributed by atoms with Crippen LogP contribution in [0.15, 0.2) is 12.1 Å². The quantitative estimate of drug-likeness (QED) is 0.740. The molecule has 0 aromatic heterocycles. The van der Waals surface area contributed by atoms with Crippen molar-refractivity contribution in [2.24, 2.45) is 5.73 Å². The average Bonchev–Trinajstić information content (AvgIpc) is 2.85. The Morgan fingerprint density at radius 2 is 1.93 bits per heavy atom. The molecule has 1 aromatic rings. The molecule has 0 amide bonds. The van der Waals surface area contributed by atoms with Crippen molar-refractivity contribution in [1.82, 2.24) is 0 Å². The van der Waals surface area contributed by atoms with Crippen LogP contribution >= 0.6 is 0 Å². The molecule has 0 atom stereocenters. The summed E-state index contributed by atoms with van der Waals surface area (Å²) in [7, 11) is 0. The van der Waals surface area contributed by atoms with Crippen LogP contribution in [0.4, 0.5) is 8.78 Å². The van der Waals surface area contributed by atoms with Gasteiger partial charge < -0.3 is 5.73 Å². The largest absolute Gasteiger partial charge is 0.321 e. The number of benzene rings is 1. The van der Waals surface area contributed by atoms with E-state index < -0.39 is 17.2 Å². The van der Waals surface area contributed by atoms with Gasteiger partial charge in [-0.15, -0.1) is 0 Å². The maximum Gasteiger partial charge on any atom is 0.143 e. The second-order valence-electron chi connectivity index (χ2n) is 3.58. The van der Waals surface area contributed by atoms with Crippen LogP contribution < -0.4 is 5.73 Å². The Hall–Kier alpha value is -1.47. The molecule has 2 rings (SSSR count). The van der Waals surface area contributed by atoms with Crippen LogP contribution in [0.2, 0.25) is 0 Å². The highest BCUT2D eigenvalue weighted by molar-refractivity contribution is 5.40. The molecular weight excluding hydrogens is 186 g/mol. The molecule has 14 heavy (non-hydrogen) atoms. The Kier molecular flexibility index (Phi) is 1.79. The van der Waals surface area contributed by atoms with E-state index in [1.54, 1.807) is 6.07 Å². The second-order valence-corrected chi connectivity index (χ2v) is 3.58. The van der Waals surface area contributed by atoms with Crippen molar-refractivity contribution in [2.75, 3.05) is 0 Å². The molecule has 1 aromatic carbocycles. The molecule has 1 saturated carbocycles. The van der Waals surface area contributed by atoms with Gasteiger partial charge in [-0.2, -0.15) is 5.26 Å². The lowest BCUT2D eigenvalue weighted by Gasteiger charge is -2.10. The summed E-state index contributed by atoms with van der Waals surface area (Å²) >= 11 is 0. The van der Waals surface area contributed by atoms with E-state index in [4.69, 9.17) is 11.0 Å². The zero-order valence-corrected chi connectivity index (χ0v) is 7.35. The fourth-order valence-corrected chi connectivity index (χ4v) is 1.42. The number of rotatable bonds is 1. The van der Waals surface area contributed by atoms with Crippen LogP contribution in [0.3, 0.4) is 0 Å². The normalized spacial score (nSPS) is 17.6. The highest BCUT2D eigenvalue weighted by Gasteiger charge is 2.42. The molecule has 0 unspecified atom stereocenters. The van der Waals surface area contributed by atoms with Crippen LogP contribution in [-0.4, -0.2) is 0 Å². The molecule has 4 heteroatoms. The second kappa shape index (κ2) is 2.76. The number of nitrogens with zero attached hydrogens (tertiary/aromatic N) is 1. The standard InChI is InChI=1S/C10H8F2N2/c11-8-4-9(12)7(3-6(8)5-13)10(14)1-2-10/h3-4H,1-2,14H2.